The molecule has 2 fully saturated rings. The van der Waals surface area contributed by atoms with Gasteiger partial charge in [-0.3, -0.25) is 4.79 Å². The monoisotopic (exact) mass is 249 g/mol. The van der Waals surface area contributed by atoms with Crippen molar-refractivity contribution in [1.82, 2.24) is 15.0 Å². The van der Waals surface area contributed by atoms with Crippen LogP contribution in [-0.4, -0.2) is 33.5 Å². The van der Waals surface area contributed by atoms with Gasteiger partial charge in [-0.05, 0) is 25.7 Å². The fraction of sp³-hybridized carbons (Fsp3) is 0.769. The third kappa shape index (κ3) is 2.19. The third-order valence-corrected chi connectivity index (χ3v) is 4.25. The topological polar surface area (TPSA) is 57.0 Å². The highest BCUT2D eigenvalue weighted by atomic mass is 16.5. The average molecular weight is 249 g/mol. The maximum absolute atomic E-state index is 10.7. The van der Waals surface area contributed by atoms with Gasteiger partial charge < -0.3 is 4.74 Å². The number of nitrogens with zero attached hydrogens (tertiary/aromatic N) is 3. The summed E-state index contributed by atoms with van der Waals surface area (Å²) in [5, 5.41) is 7.92. The van der Waals surface area contributed by atoms with Crippen molar-refractivity contribution in [2.24, 2.45) is 0 Å². The van der Waals surface area contributed by atoms with E-state index in [4.69, 9.17) is 4.74 Å². The van der Waals surface area contributed by atoms with Gasteiger partial charge in [0.25, 0.3) is 0 Å². The molecule has 0 bridgehead atoms. The normalized spacial score (nSPS) is 27.2. The maximum atomic E-state index is 10.7. The van der Waals surface area contributed by atoms with E-state index in [1.807, 2.05) is 4.68 Å². The molecule has 1 aliphatic heterocycles. The van der Waals surface area contributed by atoms with Gasteiger partial charge in [-0.1, -0.05) is 24.5 Å². The standard InChI is InChI=1S/C13H19N3O2/c17-10-11-9-16(15-14-11)12-4-7-18-13(8-12)5-2-1-3-6-13/h9-10,12H,1-8H2. The van der Waals surface area contributed by atoms with E-state index in [0.717, 1.165) is 25.7 Å². The molecule has 98 valence electrons. The van der Waals surface area contributed by atoms with E-state index in [2.05, 4.69) is 10.3 Å². The summed E-state index contributed by atoms with van der Waals surface area (Å²) in [4.78, 5) is 10.7. The van der Waals surface area contributed by atoms with Crippen molar-refractivity contribution in [1.29, 1.82) is 0 Å². The van der Waals surface area contributed by atoms with Gasteiger partial charge in [0.2, 0.25) is 0 Å². The molecule has 1 saturated carbocycles. The van der Waals surface area contributed by atoms with Gasteiger partial charge >= 0.3 is 0 Å². The molecule has 5 nitrogen and oxygen atoms in total. The van der Waals surface area contributed by atoms with Crippen LogP contribution in [0.5, 0.6) is 0 Å². The van der Waals surface area contributed by atoms with Gasteiger partial charge in [-0.15, -0.1) is 5.10 Å². The second-order valence-electron chi connectivity index (χ2n) is 5.48. The molecule has 18 heavy (non-hydrogen) atoms. The second kappa shape index (κ2) is 4.80. The van der Waals surface area contributed by atoms with Crippen LogP contribution in [0.2, 0.25) is 0 Å². The quantitative estimate of drug-likeness (QED) is 0.753. The molecule has 0 aromatic carbocycles. The van der Waals surface area contributed by atoms with Gasteiger partial charge in [0.15, 0.2) is 6.29 Å². The summed E-state index contributed by atoms with van der Waals surface area (Å²) in [6.07, 6.45) is 10.7. The maximum Gasteiger partial charge on any atom is 0.171 e. The highest BCUT2D eigenvalue weighted by Gasteiger charge is 2.39. The van der Waals surface area contributed by atoms with Crippen LogP contribution >= 0.6 is 0 Å². The SMILES string of the molecule is O=Cc1cn(C2CCOC3(CCCCC3)C2)nn1. The van der Waals surface area contributed by atoms with Gasteiger partial charge in [0.1, 0.15) is 5.69 Å². The lowest BCUT2D eigenvalue weighted by atomic mass is 9.78. The zero-order chi connectivity index (χ0) is 12.4. The Morgan fingerprint density at radius 3 is 2.94 bits per heavy atom. The Hall–Kier alpha value is -1.23. The average Bonchev–Trinajstić information content (AvgIpc) is 2.88. The molecule has 0 amide bonds. The van der Waals surface area contributed by atoms with Gasteiger partial charge in [0.05, 0.1) is 17.8 Å². The Morgan fingerprint density at radius 1 is 1.39 bits per heavy atom. The molecule has 0 N–H and O–H groups in total. The van der Waals surface area contributed by atoms with Crippen molar-refractivity contribution in [2.75, 3.05) is 6.61 Å². The predicted molar refractivity (Wildman–Crippen MR) is 65.4 cm³/mol. The van der Waals surface area contributed by atoms with Gasteiger partial charge in [0, 0.05) is 6.61 Å². The minimum absolute atomic E-state index is 0.0639. The Morgan fingerprint density at radius 2 is 2.22 bits per heavy atom. The first-order chi connectivity index (χ1) is 8.81. The molecular weight excluding hydrogens is 230 g/mol. The summed E-state index contributed by atoms with van der Waals surface area (Å²) in [7, 11) is 0. The van der Waals surface area contributed by atoms with Gasteiger partial charge in [-0.25, -0.2) is 4.68 Å². The number of hydrogen-bond donors (Lipinski definition) is 0. The molecule has 1 aromatic rings. The first-order valence-electron chi connectivity index (χ1n) is 6.82. The number of rotatable bonds is 2. The number of carbonyl (C=O) groups is 1. The van der Waals surface area contributed by atoms with Crippen LogP contribution in [0, 0.1) is 0 Å². The molecule has 1 spiro atoms. The molecule has 1 aromatic heterocycles. The molecular formula is C13H19N3O2. The summed E-state index contributed by atoms with van der Waals surface area (Å²) in [6.45, 7) is 0.793. The van der Waals surface area contributed by atoms with Crippen LogP contribution in [0.15, 0.2) is 6.20 Å². The minimum Gasteiger partial charge on any atom is -0.375 e. The van der Waals surface area contributed by atoms with Crippen molar-refractivity contribution in [2.45, 2.75) is 56.6 Å². The van der Waals surface area contributed by atoms with E-state index in [0.29, 0.717) is 11.7 Å². The number of aldehydes is 1. The van der Waals surface area contributed by atoms with Gasteiger partial charge in [-0.2, -0.15) is 0 Å². The Bertz CT molecular complexity index is 418. The van der Waals surface area contributed by atoms with Crippen LogP contribution < -0.4 is 0 Å². The lowest BCUT2D eigenvalue weighted by molar-refractivity contribution is -0.115. The van der Waals surface area contributed by atoms with E-state index in [1.165, 1.54) is 32.1 Å². The molecule has 2 aliphatic rings. The Balaban J connectivity index is 1.75. The number of hydrogen-bond acceptors (Lipinski definition) is 4. The molecule has 1 saturated heterocycles. The molecule has 3 rings (SSSR count). The fourth-order valence-corrected chi connectivity index (χ4v) is 3.30. The van der Waals surface area contributed by atoms with E-state index in [-0.39, 0.29) is 5.60 Å². The highest BCUT2D eigenvalue weighted by Crippen LogP contribution is 2.41. The molecule has 5 heteroatoms. The first-order valence-corrected chi connectivity index (χ1v) is 6.82. The van der Waals surface area contributed by atoms with Crippen LogP contribution in [-0.2, 0) is 4.74 Å². The Kier molecular flexibility index (Phi) is 3.16. The summed E-state index contributed by atoms with van der Waals surface area (Å²) in [5.74, 6) is 0. The van der Waals surface area contributed by atoms with Crippen molar-refractivity contribution < 1.29 is 9.53 Å². The zero-order valence-electron chi connectivity index (χ0n) is 10.5. The molecule has 1 atom stereocenters. The van der Waals surface area contributed by atoms with Crippen molar-refractivity contribution in [3.63, 3.8) is 0 Å². The smallest absolute Gasteiger partial charge is 0.171 e. The molecule has 1 aliphatic carbocycles. The minimum atomic E-state index is 0.0639. The zero-order valence-corrected chi connectivity index (χ0v) is 10.5. The summed E-state index contributed by atoms with van der Waals surface area (Å²) < 4.78 is 7.91. The van der Waals surface area contributed by atoms with Crippen molar-refractivity contribution in [3.8, 4) is 0 Å². The summed E-state index contributed by atoms with van der Waals surface area (Å²) in [5.41, 5.74) is 0.480. The van der Waals surface area contributed by atoms with Crippen LogP contribution in [0.25, 0.3) is 0 Å². The second-order valence-corrected chi connectivity index (χ2v) is 5.48. The van der Waals surface area contributed by atoms with E-state index in [1.54, 1.807) is 6.20 Å². The van der Waals surface area contributed by atoms with E-state index >= 15 is 0 Å². The van der Waals surface area contributed by atoms with E-state index in [9.17, 15) is 4.79 Å². The number of aromatic nitrogens is 3. The fourth-order valence-electron chi connectivity index (χ4n) is 3.30. The van der Waals surface area contributed by atoms with Crippen molar-refractivity contribution in [3.05, 3.63) is 11.9 Å². The largest absolute Gasteiger partial charge is 0.375 e. The lowest BCUT2D eigenvalue weighted by Gasteiger charge is -2.43. The third-order valence-electron chi connectivity index (χ3n) is 4.25. The van der Waals surface area contributed by atoms with Crippen LogP contribution in [0.4, 0.5) is 0 Å². The van der Waals surface area contributed by atoms with Crippen LogP contribution in [0.1, 0.15) is 61.5 Å². The molecule has 0 radical (unpaired) electrons. The number of ether oxygens (including phenoxy) is 1. The highest BCUT2D eigenvalue weighted by molar-refractivity contribution is 5.70. The van der Waals surface area contributed by atoms with Crippen molar-refractivity contribution >= 4 is 6.29 Å². The lowest BCUT2D eigenvalue weighted by Crippen LogP contribution is -2.42. The molecule has 1 unspecified atom stereocenters. The Labute approximate surface area is 107 Å². The molecule has 2 heterocycles. The summed E-state index contributed by atoms with van der Waals surface area (Å²) >= 11 is 0. The van der Waals surface area contributed by atoms with E-state index < -0.39 is 0 Å². The van der Waals surface area contributed by atoms with Crippen LogP contribution in [0.3, 0.4) is 0 Å². The first kappa shape index (κ1) is 11.8. The predicted octanol–water partition coefficient (Wildman–Crippen LogP) is 2.15. The number of carbonyl (C=O) groups excluding carboxylic acids is 1. The summed E-state index contributed by atoms with van der Waals surface area (Å²) in [6, 6.07) is 0.332.